The lowest BCUT2D eigenvalue weighted by Crippen LogP contribution is -2.51. The summed E-state index contributed by atoms with van der Waals surface area (Å²) in [6.45, 7) is 4.47. The monoisotopic (exact) mass is 647 g/mol. The molecule has 4 nitrogen and oxygen atoms in total. The Hall–Kier alpha value is -3.70. The second kappa shape index (κ2) is 13.7. The number of unbranched alkanes of at least 4 members (excludes halogenated alkanes) is 1. The fourth-order valence-corrected chi connectivity index (χ4v) is 10.1. The van der Waals surface area contributed by atoms with E-state index in [1.165, 1.54) is 21.9 Å². The summed E-state index contributed by atoms with van der Waals surface area (Å²) in [6, 6.07) is 28.7. The molecule has 3 aliphatic carbocycles. The Morgan fingerprint density at radius 3 is 2.54 bits per heavy atom. The van der Waals surface area contributed by atoms with Gasteiger partial charge in [-0.05, 0) is 132 Å². The molecule has 7 rings (SSSR count). The third-order valence-corrected chi connectivity index (χ3v) is 12.4. The summed E-state index contributed by atoms with van der Waals surface area (Å²) < 4.78 is 16.3. The molecule has 4 aromatic rings. The Labute approximate surface area is 285 Å². The van der Waals surface area contributed by atoms with Crippen molar-refractivity contribution in [1.29, 1.82) is 0 Å². The quantitative estimate of drug-likeness (QED) is 0.169. The number of phenols is 1. The van der Waals surface area contributed by atoms with Crippen LogP contribution >= 0.6 is 0 Å². The van der Waals surface area contributed by atoms with E-state index in [1.807, 2.05) is 23.1 Å². The summed E-state index contributed by atoms with van der Waals surface area (Å²) in [5, 5.41) is 23.8. The lowest BCUT2D eigenvalue weighted by Gasteiger charge is -2.54. The molecule has 5 heteroatoms. The number of hydrogen-bond acceptors (Lipinski definition) is 3. The average Bonchev–Trinajstić information content (AvgIpc) is 3.38. The van der Waals surface area contributed by atoms with Crippen molar-refractivity contribution in [3.63, 3.8) is 0 Å². The topological polar surface area (TPSA) is 60.8 Å². The van der Waals surface area contributed by atoms with E-state index in [-0.39, 0.29) is 28.9 Å². The van der Waals surface area contributed by atoms with Crippen molar-refractivity contribution in [3.05, 3.63) is 107 Å². The van der Waals surface area contributed by atoms with Gasteiger partial charge in [-0.3, -0.25) is 4.79 Å². The van der Waals surface area contributed by atoms with Crippen LogP contribution in [0.3, 0.4) is 0 Å². The molecule has 2 saturated carbocycles. The molecule has 2 N–H and O–H groups in total. The Morgan fingerprint density at radius 2 is 1.73 bits per heavy atom. The lowest BCUT2D eigenvalue weighted by molar-refractivity contribution is -0.116. The van der Waals surface area contributed by atoms with Crippen molar-refractivity contribution in [2.45, 2.75) is 96.2 Å². The lowest BCUT2D eigenvalue weighted by atomic mass is 9.51. The Balaban J connectivity index is 1.11. The van der Waals surface area contributed by atoms with Gasteiger partial charge in [0.2, 0.25) is 5.91 Å². The number of benzene rings is 4. The average molecular weight is 648 g/mol. The van der Waals surface area contributed by atoms with Gasteiger partial charge in [-0.15, -0.1) is 0 Å². The highest BCUT2D eigenvalue weighted by atomic mass is 19.1. The zero-order valence-corrected chi connectivity index (χ0v) is 28.5. The highest BCUT2D eigenvalue weighted by molar-refractivity contribution is 5.98. The number of amides is 1. The van der Waals surface area contributed by atoms with E-state index in [9.17, 15) is 15.0 Å². The highest BCUT2D eigenvalue weighted by Crippen LogP contribution is 2.63. The molecule has 1 amide bonds. The summed E-state index contributed by atoms with van der Waals surface area (Å²) in [5.41, 5.74) is 5.32. The van der Waals surface area contributed by atoms with Gasteiger partial charge in [0.05, 0.1) is 6.10 Å². The van der Waals surface area contributed by atoms with Crippen LogP contribution in [0.5, 0.6) is 5.75 Å². The van der Waals surface area contributed by atoms with E-state index >= 15 is 4.39 Å². The first-order valence-electron chi connectivity index (χ1n) is 18.2. The SMILES string of the molecule is CC(=O)N(CCCc1ccccc1)c1ccc2ccccc2c1CCCC[C@@H]1Cc2cc(O)ccc2[C@@H]2[C@@H]1[C@@H]1CC[C@H](O)[C@@]1(C)C[C@@H]2F. The van der Waals surface area contributed by atoms with Gasteiger partial charge in [0, 0.05) is 25.1 Å². The first kappa shape index (κ1) is 32.8. The number of carbonyl (C=O) groups is 1. The van der Waals surface area contributed by atoms with Crippen molar-refractivity contribution >= 4 is 22.4 Å². The zero-order valence-electron chi connectivity index (χ0n) is 28.5. The first-order chi connectivity index (χ1) is 23.2. The number of aliphatic hydroxyl groups excluding tert-OH is 1. The molecule has 0 bridgehead atoms. The molecule has 2 fully saturated rings. The minimum absolute atomic E-state index is 0.0645. The second-order valence-electron chi connectivity index (χ2n) is 15.2. The van der Waals surface area contributed by atoms with Crippen LogP contribution in [-0.2, 0) is 24.1 Å². The Morgan fingerprint density at radius 1 is 0.938 bits per heavy atom. The molecular weight excluding hydrogens is 597 g/mol. The molecule has 0 spiro atoms. The number of aliphatic hydroxyl groups is 1. The normalized spacial score (nSPS) is 27.7. The summed E-state index contributed by atoms with van der Waals surface area (Å²) in [6.07, 6.45) is 7.18. The largest absolute Gasteiger partial charge is 0.508 e. The summed E-state index contributed by atoms with van der Waals surface area (Å²) in [7, 11) is 0. The highest BCUT2D eigenvalue weighted by Gasteiger charge is 2.59. The van der Waals surface area contributed by atoms with E-state index in [2.05, 4.69) is 67.6 Å². The number of rotatable bonds is 10. The van der Waals surface area contributed by atoms with E-state index in [0.717, 1.165) is 74.6 Å². The van der Waals surface area contributed by atoms with E-state index in [1.54, 1.807) is 13.0 Å². The number of nitrogens with zero attached hydrogens (tertiary/aromatic N) is 1. The molecule has 48 heavy (non-hydrogen) atoms. The Bertz CT molecular complexity index is 1760. The molecular formula is C43H50FNO3. The molecule has 7 atom stereocenters. The van der Waals surface area contributed by atoms with E-state index in [0.29, 0.717) is 24.8 Å². The van der Waals surface area contributed by atoms with Crippen molar-refractivity contribution < 1.29 is 19.4 Å². The number of alkyl halides is 1. The molecule has 0 aromatic heterocycles. The summed E-state index contributed by atoms with van der Waals surface area (Å²) >= 11 is 0. The molecule has 3 aliphatic rings. The first-order valence-corrected chi connectivity index (χ1v) is 18.2. The molecule has 252 valence electrons. The van der Waals surface area contributed by atoms with Crippen LogP contribution in [0.2, 0.25) is 0 Å². The van der Waals surface area contributed by atoms with Crippen LogP contribution in [0.25, 0.3) is 10.8 Å². The van der Waals surface area contributed by atoms with E-state index < -0.39 is 12.3 Å². The third-order valence-electron chi connectivity index (χ3n) is 12.4. The van der Waals surface area contributed by atoms with E-state index in [4.69, 9.17) is 0 Å². The van der Waals surface area contributed by atoms with Crippen LogP contribution < -0.4 is 4.90 Å². The van der Waals surface area contributed by atoms with Crippen molar-refractivity contribution in [2.24, 2.45) is 23.2 Å². The fourth-order valence-electron chi connectivity index (χ4n) is 10.1. The van der Waals surface area contributed by atoms with Gasteiger partial charge in [0.25, 0.3) is 0 Å². The Kier molecular flexibility index (Phi) is 9.35. The molecule has 0 radical (unpaired) electrons. The molecule has 0 saturated heterocycles. The number of fused-ring (bicyclic) bond motifs is 6. The van der Waals surface area contributed by atoms with Crippen molar-refractivity contribution in [2.75, 3.05) is 11.4 Å². The summed E-state index contributed by atoms with van der Waals surface area (Å²) in [4.78, 5) is 15.1. The number of halogens is 1. The van der Waals surface area contributed by atoms with Crippen LogP contribution in [0.1, 0.15) is 87.0 Å². The number of hydrogen-bond donors (Lipinski definition) is 2. The second-order valence-corrected chi connectivity index (χ2v) is 15.2. The van der Waals surface area contributed by atoms with Crippen LogP contribution in [-0.4, -0.2) is 34.9 Å². The predicted molar refractivity (Wildman–Crippen MR) is 192 cm³/mol. The van der Waals surface area contributed by atoms with Gasteiger partial charge in [0.15, 0.2) is 0 Å². The van der Waals surface area contributed by atoms with Crippen LogP contribution in [0.15, 0.2) is 84.9 Å². The van der Waals surface area contributed by atoms with Crippen molar-refractivity contribution in [3.8, 4) is 5.75 Å². The molecule has 4 aromatic carbocycles. The molecule has 0 aliphatic heterocycles. The van der Waals surface area contributed by atoms with Crippen LogP contribution in [0.4, 0.5) is 10.1 Å². The van der Waals surface area contributed by atoms with Gasteiger partial charge in [-0.2, -0.15) is 0 Å². The van der Waals surface area contributed by atoms with Gasteiger partial charge < -0.3 is 15.1 Å². The van der Waals surface area contributed by atoms with Crippen LogP contribution in [0, 0.1) is 23.2 Å². The maximum atomic E-state index is 16.3. The number of carbonyl (C=O) groups excluding carboxylic acids is 1. The number of aromatic hydroxyl groups is 1. The van der Waals surface area contributed by atoms with Gasteiger partial charge >= 0.3 is 0 Å². The number of phenolic OH excluding ortho intramolecular Hbond substituents is 1. The number of anilines is 1. The van der Waals surface area contributed by atoms with Crippen molar-refractivity contribution in [1.82, 2.24) is 0 Å². The smallest absolute Gasteiger partial charge is 0.223 e. The minimum Gasteiger partial charge on any atom is -0.508 e. The van der Waals surface area contributed by atoms with Gasteiger partial charge in [0.1, 0.15) is 11.9 Å². The molecule has 0 unspecified atom stereocenters. The fraction of sp³-hybridized carbons (Fsp3) is 0.465. The maximum absolute atomic E-state index is 16.3. The predicted octanol–water partition coefficient (Wildman–Crippen LogP) is 9.34. The zero-order chi connectivity index (χ0) is 33.4. The standard InChI is InChI=1S/C43H50FNO3/c1-28(46)45(24-10-13-29-11-4-3-5-12-29)39-22-18-30-14-6-8-16-34(30)36(39)17-9-7-15-31-25-32-26-33(47)19-20-35(32)42-38(44)27-43(2)37(41(31)42)21-23-40(43)48/h3-6,8,11-12,14,16,18-20,22,26,31,37-38,40-42,47-48H,7,9-10,13,15,17,21,23-25,27H2,1-2H3/t31-,37+,38+,40+,41+,42+,43+/m1/s1. The van der Waals surface area contributed by atoms with Gasteiger partial charge in [-0.1, -0.05) is 80.1 Å². The molecule has 0 heterocycles. The maximum Gasteiger partial charge on any atom is 0.223 e. The number of aryl methyl sites for hydroxylation is 2. The van der Waals surface area contributed by atoms with Gasteiger partial charge in [-0.25, -0.2) is 4.39 Å². The summed E-state index contributed by atoms with van der Waals surface area (Å²) in [5.74, 6) is 0.943. The third kappa shape index (κ3) is 6.15. The minimum atomic E-state index is -0.993.